The van der Waals surface area contributed by atoms with Crippen molar-refractivity contribution in [1.82, 2.24) is 9.88 Å². The van der Waals surface area contributed by atoms with Crippen LogP contribution in [0, 0.1) is 0 Å². The van der Waals surface area contributed by atoms with E-state index in [1.165, 1.54) is 0 Å². The van der Waals surface area contributed by atoms with Crippen molar-refractivity contribution in [3.05, 3.63) is 35.0 Å². The maximum absolute atomic E-state index is 11.8. The molecule has 1 aliphatic heterocycles. The van der Waals surface area contributed by atoms with E-state index >= 15 is 0 Å². The standard InChI is InChI=1S/C16H18N2O3/c1-3-18-8-7-12-11(9-18)14(16(19)20)10-5-4-6-13(21-2)15(10)17-12/h4-6H,3,7-9H2,1-2H3,(H,19,20). The topological polar surface area (TPSA) is 62.7 Å². The Kier molecular flexibility index (Phi) is 3.51. The van der Waals surface area contributed by atoms with E-state index < -0.39 is 5.97 Å². The average Bonchev–Trinajstić information content (AvgIpc) is 2.51. The fourth-order valence-electron chi connectivity index (χ4n) is 2.97. The molecule has 3 rings (SSSR count). The number of benzene rings is 1. The van der Waals surface area contributed by atoms with Crippen molar-refractivity contribution >= 4 is 16.9 Å². The molecular formula is C16H18N2O3. The minimum absolute atomic E-state index is 0.368. The monoisotopic (exact) mass is 286 g/mol. The minimum Gasteiger partial charge on any atom is -0.494 e. The van der Waals surface area contributed by atoms with Crippen molar-refractivity contribution in [1.29, 1.82) is 0 Å². The maximum atomic E-state index is 11.8. The van der Waals surface area contributed by atoms with E-state index in [0.717, 1.165) is 30.8 Å². The van der Waals surface area contributed by atoms with Crippen LogP contribution in [-0.2, 0) is 13.0 Å². The Hall–Kier alpha value is -2.14. The molecule has 0 spiro atoms. The van der Waals surface area contributed by atoms with E-state index in [0.29, 0.717) is 28.8 Å². The zero-order valence-electron chi connectivity index (χ0n) is 12.2. The lowest BCUT2D eigenvalue weighted by Gasteiger charge is -2.28. The predicted molar refractivity (Wildman–Crippen MR) is 79.9 cm³/mol. The van der Waals surface area contributed by atoms with Gasteiger partial charge in [0, 0.05) is 36.2 Å². The highest BCUT2D eigenvalue weighted by atomic mass is 16.5. The van der Waals surface area contributed by atoms with E-state index in [-0.39, 0.29) is 0 Å². The van der Waals surface area contributed by atoms with Crippen molar-refractivity contribution < 1.29 is 14.6 Å². The fourth-order valence-corrected chi connectivity index (χ4v) is 2.97. The summed E-state index contributed by atoms with van der Waals surface area (Å²) in [5.74, 6) is -0.277. The predicted octanol–water partition coefficient (Wildman–Crippen LogP) is 2.32. The van der Waals surface area contributed by atoms with Crippen LogP contribution in [0.5, 0.6) is 5.75 Å². The molecule has 0 unspecified atom stereocenters. The van der Waals surface area contributed by atoms with E-state index in [9.17, 15) is 9.90 Å². The fraction of sp³-hybridized carbons (Fsp3) is 0.375. The molecule has 1 aromatic carbocycles. The van der Waals surface area contributed by atoms with Gasteiger partial charge in [-0.05, 0) is 12.6 Å². The van der Waals surface area contributed by atoms with Gasteiger partial charge in [-0.2, -0.15) is 0 Å². The number of aromatic carboxylic acids is 1. The highest BCUT2D eigenvalue weighted by Gasteiger charge is 2.25. The van der Waals surface area contributed by atoms with Gasteiger partial charge in [-0.15, -0.1) is 0 Å². The lowest BCUT2D eigenvalue weighted by Crippen LogP contribution is -2.32. The van der Waals surface area contributed by atoms with E-state index in [4.69, 9.17) is 4.74 Å². The number of rotatable bonds is 3. The summed E-state index contributed by atoms with van der Waals surface area (Å²) in [6, 6.07) is 5.43. The number of hydrogen-bond acceptors (Lipinski definition) is 4. The molecule has 0 atom stereocenters. The van der Waals surface area contributed by atoms with Crippen molar-refractivity contribution in [3.8, 4) is 5.75 Å². The minimum atomic E-state index is -0.898. The number of pyridine rings is 1. The number of carbonyl (C=O) groups is 1. The second kappa shape index (κ2) is 5.33. The Morgan fingerprint density at radius 3 is 2.95 bits per heavy atom. The highest BCUT2D eigenvalue weighted by molar-refractivity contribution is 6.05. The van der Waals surface area contributed by atoms with Crippen LogP contribution in [0.3, 0.4) is 0 Å². The quantitative estimate of drug-likeness (QED) is 0.938. The number of hydrogen-bond donors (Lipinski definition) is 1. The third kappa shape index (κ3) is 2.23. The number of carboxylic acids is 1. The van der Waals surface area contributed by atoms with Crippen LogP contribution in [0.15, 0.2) is 18.2 Å². The van der Waals surface area contributed by atoms with Crippen LogP contribution in [0.2, 0.25) is 0 Å². The summed E-state index contributed by atoms with van der Waals surface area (Å²) in [6.07, 6.45) is 0.775. The van der Waals surface area contributed by atoms with Crippen LogP contribution in [0.1, 0.15) is 28.5 Å². The molecule has 2 heterocycles. The molecule has 0 saturated heterocycles. The van der Waals surface area contributed by atoms with Crippen LogP contribution in [-0.4, -0.2) is 41.2 Å². The van der Waals surface area contributed by atoms with Gasteiger partial charge in [0.15, 0.2) is 0 Å². The Morgan fingerprint density at radius 1 is 1.48 bits per heavy atom. The second-order valence-electron chi connectivity index (χ2n) is 5.19. The molecule has 0 amide bonds. The summed E-state index contributed by atoms with van der Waals surface area (Å²) >= 11 is 0. The average molecular weight is 286 g/mol. The Labute approximate surface area is 123 Å². The largest absolute Gasteiger partial charge is 0.494 e. The van der Waals surface area contributed by atoms with Gasteiger partial charge in [-0.1, -0.05) is 19.1 Å². The van der Waals surface area contributed by atoms with Gasteiger partial charge in [0.2, 0.25) is 0 Å². The Balaban J connectivity index is 2.31. The molecule has 0 saturated carbocycles. The van der Waals surface area contributed by atoms with E-state index in [1.807, 2.05) is 12.1 Å². The molecular weight excluding hydrogens is 268 g/mol. The lowest BCUT2D eigenvalue weighted by molar-refractivity contribution is 0.0695. The molecule has 0 bridgehead atoms. The molecule has 5 heteroatoms. The number of likely N-dealkylation sites (N-methyl/N-ethyl adjacent to an activating group) is 1. The molecule has 110 valence electrons. The smallest absolute Gasteiger partial charge is 0.336 e. The van der Waals surface area contributed by atoms with Gasteiger partial charge in [0.25, 0.3) is 0 Å². The summed E-state index contributed by atoms with van der Waals surface area (Å²) in [6.45, 7) is 4.56. The van der Waals surface area contributed by atoms with Crippen LogP contribution >= 0.6 is 0 Å². The van der Waals surface area contributed by atoms with Crippen molar-refractivity contribution in [2.75, 3.05) is 20.2 Å². The van der Waals surface area contributed by atoms with Crippen LogP contribution in [0.25, 0.3) is 10.9 Å². The molecule has 0 radical (unpaired) electrons. The van der Waals surface area contributed by atoms with Crippen LogP contribution < -0.4 is 4.74 Å². The zero-order valence-corrected chi connectivity index (χ0v) is 12.2. The number of aromatic nitrogens is 1. The normalized spacial score (nSPS) is 15.0. The molecule has 1 aromatic heterocycles. The maximum Gasteiger partial charge on any atom is 0.336 e. The van der Waals surface area contributed by atoms with Crippen LogP contribution in [0.4, 0.5) is 0 Å². The van der Waals surface area contributed by atoms with E-state index in [1.54, 1.807) is 13.2 Å². The van der Waals surface area contributed by atoms with Gasteiger partial charge >= 0.3 is 5.97 Å². The third-order valence-electron chi connectivity index (χ3n) is 4.09. The van der Waals surface area contributed by atoms with Gasteiger partial charge in [-0.25, -0.2) is 9.78 Å². The van der Waals surface area contributed by atoms with Crippen molar-refractivity contribution in [3.63, 3.8) is 0 Å². The molecule has 1 N–H and O–H groups in total. The number of ether oxygens (including phenoxy) is 1. The van der Waals surface area contributed by atoms with Gasteiger partial charge in [0.1, 0.15) is 11.3 Å². The first-order valence-electron chi connectivity index (χ1n) is 7.09. The van der Waals surface area contributed by atoms with Gasteiger partial charge in [-0.3, -0.25) is 4.90 Å². The summed E-state index contributed by atoms with van der Waals surface area (Å²) in [4.78, 5) is 18.7. The third-order valence-corrected chi connectivity index (χ3v) is 4.09. The lowest BCUT2D eigenvalue weighted by atomic mass is 9.95. The van der Waals surface area contributed by atoms with Crippen molar-refractivity contribution in [2.45, 2.75) is 19.9 Å². The van der Waals surface area contributed by atoms with Gasteiger partial charge in [0.05, 0.1) is 12.7 Å². The number of fused-ring (bicyclic) bond motifs is 2. The zero-order chi connectivity index (χ0) is 15.0. The number of methoxy groups -OCH3 is 1. The molecule has 2 aromatic rings. The molecule has 21 heavy (non-hydrogen) atoms. The summed E-state index contributed by atoms with van der Waals surface area (Å²) < 4.78 is 5.33. The summed E-state index contributed by atoms with van der Waals surface area (Å²) in [5, 5.41) is 10.3. The summed E-state index contributed by atoms with van der Waals surface area (Å²) in [7, 11) is 1.58. The number of carboxylic acid groups (broad SMARTS) is 1. The Morgan fingerprint density at radius 2 is 2.29 bits per heavy atom. The van der Waals surface area contributed by atoms with E-state index in [2.05, 4.69) is 16.8 Å². The molecule has 5 nitrogen and oxygen atoms in total. The first-order valence-corrected chi connectivity index (χ1v) is 7.09. The molecule has 0 fully saturated rings. The first-order chi connectivity index (χ1) is 10.2. The Bertz CT molecular complexity index is 712. The first kappa shape index (κ1) is 13.8. The number of nitrogens with zero attached hydrogens (tertiary/aromatic N) is 2. The SMILES string of the molecule is CCN1CCc2nc3c(OC)cccc3c(C(=O)O)c2C1. The molecule has 0 aliphatic carbocycles. The summed E-state index contributed by atoms with van der Waals surface area (Å²) in [5.41, 5.74) is 2.73. The highest BCUT2D eigenvalue weighted by Crippen LogP contribution is 2.32. The van der Waals surface area contributed by atoms with Crippen molar-refractivity contribution in [2.24, 2.45) is 0 Å². The number of para-hydroxylation sites is 1. The van der Waals surface area contributed by atoms with Gasteiger partial charge < -0.3 is 9.84 Å². The molecule has 1 aliphatic rings. The second-order valence-corrected chi connectivity index (χ2v) is 5.19.